The van der Waals surface area contributed by atoms with Crippen LogP contribution in [0.2, 0.25) is 0 Å². The number of aromatic nitrogens is 1. The van der Waals surface area contributed by atoms with Crippen LogP contribution in [0.15, 0.2) is 12.1 Å². The van der Waals surface area contributed by atoms with Gasteiger partial charge in [-0.1, -0.05) is 41.5 Å². The zero-order chi connectivity index (χ0) is 15.8. The van der Waals surface area contributed by atoms with E-state index >= 15 is 0 Å². The molecule has 3 N–H and O–H groups in total. The van der Waals surface area contributed by atoms with Gasteiger partial charge in [0.1, 0.15) is 5.82 Å². The number of nitrogens with one attached hydrogen (secondary N) is 1. The van der Waals surface area contributed by atoms with Crippen LogP contribution in [0.25, 0.3) is 0 Å². The Morgan fingerprint density at radius 3 is 2.38 bits per heavy atom. The lowest BCUT2D eigenvalue weighted by atomic mass is 10.0. The number of nitrogens with two attached hydrogens (primary N) is 1. The van der Waals surface area contributed by atoms with Gasteiger partial charge in [0.15, 0.2) is 0 Å². The number of anilines is 2. The van der Waals surface area contributed by atoms with Crippen molar-refractivity contribution in [2.75, 3.05) is 24.2 Å². The number of ether oxygens (including phenoxy) is 1. The molecule has 21 heavy (non-hydrogen) atoms. The first-order valence-corrected chi connectivity index (χ1v) is 7.79. The molecule has 0 aliphatic heterocycles. The highest BCUT2D eigenvalue weighted by Crippen LogP contribution is 2.68. The summed E-state index contributed by atoms with van der Waals surface area (Å²) in [6.45, 7) is 15.1. The maximum absolute atomic E-state index is 5.91. The average molecular weight is 291 g/mol. The van der Waals surface area contributed by atoms with Crippen LogP contribution in [-0.2, 0) is 0 Å². The highest BCUT2D eigenvalue weighted by molar-refractivity contribution is 5.53. The zero-order valence-corrected chi connectivity index (χ0v) is 14.2. The van der Waals surface area contributed by atoms with Crippen molar-refractivity contribution in [3.05, 3.63) is 12.1 Å². The van der Waals surface area contributed by atoms with Gasteiger partial charge < -0.3 is 15.8 Å². The fourth-order valence-corrected chi connectivity index (χ4v) is 2.96. The second-order valence-electron chi connectivity index (χ2n) is 7.67. The lowest BCUT2D eigenvalue weighted by Gasteiger charge is -2.12. The minimum Gasteiger partial charge on any atom is -0.476 e. The summed E-state index contributed by atoms with van der Waals surface area (Å²) in [4.78, 5) is 4.48. The molecule has 118 valence electrons. The maximum Gasteiger partial charge on any atom is 0.239 e. The Balaban J connectivity index is 1.97. The minimum absolute atomic E-state index is 0.380. The van der Waals surface area contributed by atoms with Crippen molar-refractivity contribution in [1.82, 2.24) is 4.98 Å². The number of hydrogen-bond donors (Lipinski definition) is 2. The van der Waals surface area contributed by atoms with Crippen LogP contribution in [0.5, 0.6) is 5.88 Å². The van der Waals surface area contributed by atoms with Crippen molar-refractivity contribution in [2.24, 2.45) is 22.7 Å². The smallest absolute Gasteiger partial charge is 0.239 e. The van der Waals surface area contributed by atoms with E-state index in [2.05, 4.69) is 51.8 Å². The first-order valence-electron chi connectivity index (χ1n) is 7.79. The van der Waals surface area contributed by atoms with Gasteiger partial charge in [-0.05, 0) is 34.8 Å². The summed E-state index contributed by atoms with van der Waals surface area (Å²) in [5.41, 5.74) is 7.27. The summed E-state index contributed by atoms with van der Waals surface area (Å²) in [5, 5.41) is 3.43. The van der Waals surface area contributed by atoms with Crippen molar-refractivity contribution >= 4 is 11.5 Å². The van der Waals surface area contributed by atoms with Crippen molar-refractivity contribution in [1.29, 1.82) is 0 Å². The molecule has 0 aromatic carbocycles. The highest BCUT2D eigenvalue weighted by Gasteiger charge is 2.64. The predicted molar refractivity (Wildman–Crippen MR) is 88.5 cm³/mol. The standard InChI is InChI=1S/C17H29N3O/c1-11(2)10-21-15-12(18)7-8-14(20-15)19-9-13-16(3,4)17(13,5)6/h7-8,11,13H,9-10,18H2,1-6H3,(H,19,20). The quantitative estimate of drug-likeness (QED) is 0.837. The molecule has 1 aromatic rings. The number of hydrogen-bond acceptors (Lipinski definition) is 4. The summed E-state index contributed by atoms with van der Waals surface area (Å²) in [6.07, 6.45) is 0. The van der Waals surface area contributed by atoms with Gasteiger partial charge >= 0.3 is 0 Å². The van der Waals surface area contributed by atoms with Crippen molar-refractivity contribution in [3.63, 3.8) is 0 Å². The van der Waals surface area contributed by atoms with Crippen LogP contribution in [-0.4, -0.2) is 18.1 Å². The lowest BCUT2D eigenvalue weighted by Crippen LogP contribution is -2.11. The molecule has 1 aromatic heterocycles. The normalized spacial score (nSPS) is 19.6. The average Bonchev–Trinajstić information content (AvgIpc) is 2.77. The Bertz CT molecular complexity index is 495. The fourth-order valence-electron chi connectivity index (χ4n) is 2.96. The molecule has 1 aliphatic carbocycles. The van der Waals surface area contributed by atoms with E-state index in [4.69, 9.17) is 10.5 Å². The Morgan fingerprint density at radius 1 is 1.24 bits per heavy atom. The Morgan fingerprint density at radius 2 is 1.86 bits per heavy atom. The second-order valence-corrected chi connectivity index (χ2v) is 7.67. The van der Waals surface area contributed by atoms with Crippen LogP contribution in [0, 0.1) is 22.7 Å². The number of pyridine rings is 1. The van der Waals surface area contributed by atoms with Crippen LogP contribution < -0.4 is 15.8 Å². The molecular weight excluding hydrogens is 262 g/mol. The summed E-state index contributed by atoms with van der Waals surface area (Å²) < 4.78 is 5.67. The molecule has 1 aliphatic rings. The molecular formula is C17H29N3O. The van der Waals surface area contributed by atoms with Gasteiger partial charge in [0.05, 0.1) is 12.3 Å². The van der Waals surface area contributed by atoms with Gasteiger partial charge in [-0.15, -0.1) is 0 Å². The minimum atomic E-state index is 0.380. The van der Waals surface area contributed by atoms with Crippen LogP contribution in [0.1, 0.15) is 41.5 Å². The number of nitrogens with zero attached hydrogens (tertiary/aromatic N) is 1. The molecule has 0 saturated heterocycles. The van der Waals surface area contributed by atoms with E-state index in [0.29, 0.717) is 40.8 Å². The molecule has 0 atom stereocenters. The SMILES string of the molecule is CC(C)COc1nc(NCC2C(C)(C)C2(C)C)ccc1N. The fraction of sp³-hybridized carbons (Fsp3) is 0.706. The molecule has 0 spiro atoms. The topological polar surface area (TPSA) is 60.2 Å². The number of nitrogen functional groups attached to an aromatic ring is 1. The zero-order valence-electron chi connectivity index (χ0n) is 14.2. The molecule has 1 fully saturated rings. The third kappa shape index (κ3) is 3.09. The van der Waals surface area contributed by atoms with Crippen molar-refractivity contribution in [3.8, 4) is 5.88 Å². The van der Waals surface area contributed by atoms with E-state index < -0.39 is 0 Å². The lowest BCUT2D eigenvalue weighted by molar-refractivity contribution is 0.263. The summed E-state index contributed by atoms with van der Waals surface area (Å²) in [6, 6.07) is 3.77. The van der Waals surface area contributed by atoms with E-state index in [9.17, 15) is 0 Å². The summed E-state index contributed by atoms with van der Waals surface area (Å²) in [5.74, 6) is 2.48. The highest BCUT2D eigenvalue weighted by atomic mass is 16.5. The molecule has 0 amide bonds. The van der Waals surface area contributed by atoms with Crippen LogP contribution in [0.3, 0.4) is 0 Å². The third-order valence-corrected chi connectivity index (χ3v) is 5.25. The van der Waals surface area contributed by atoms with Gasteiger partial charge in [0, 0.05) is 6.54 Å². The van der Waals surface area contributed by atoms with E-state index in [0.717, 1.165) is 12.4 Å². The van der Waals surface area contributed by atoms with Crippen LogP contribution in [0.4, 0.5) is 11.5 Å². The monoisotopic (exact) mass is 291 g/mol. The maximum atomic E-state index is 5.91. The van der Waals surface area contributed by atoms with Gasteiger partial charge in [-0.25, -0.2) is 0 Å². The van der Waals surface area contributed by atoms with E-state index in [1.807, 2.05) is 12.1 Å². The van der Waals surface area contributed by atoms with E-state index in [1.165, 1.54) is 0 Å². The number of rotatable bonds is 6. The van der Waals surface area contributed by atoms with Gasteiger partial charge in [0.25, 0.3) is 0 Å². The van der Waals surface area contributed by atoms with Gasteiger partial charge in [-0.3, -0.25) is 0 Å². The first-order chi connectivity index (χ1) is 9.66. The first kappa shape index (κ1) is 15.9. The van der Waals surface area contributed by atoms with E-state index in [-0.39, 0.29) is 0 Å². The predicted octanol–water partition coefficient (Wildman–Crippen LogP) is 3.79. The van der Waals surface area contributed by atoms with Gasteiger partial charge in [0.2, 0.25) is 5.88 Å². The largest absolute Gasteiger partial charge is 0.476 e. The van der Waals surface area contributed by atoms with Gasteiger partial charge in [-0.2, -0.15) is 4.98 Å². The molecule has 0 radical (unpaired) electrons. The van der Waals surface area contributed by atoms with Crippen LogP contribution >= 0.6 is 0 Å². The Labute approximate surface area is 128 Å². The van der Waals surface area contributed by atoms with E-state index in [1.54, 1.807) is 0 Å². The molecule has 1 saturated carbocycles. The summed E-state index contributed by atoms with van der Waals surface area (Å²) in [7, 11) is 0. The third-order valence-electron chi connectivity index (χ3n) is 5.25. The summed E-state index contributed by atoms with van der Waals surface area (Å²) >= 11 is 0. The molecule has 4 heteroatoms. The molecule has 2 rings (SSSR count). The molecule has 4 nitrogen and oxygen atoms in total. The molecule has 0 unspecified atom stereocenters. The van der Waals surface area contributed by atoms with Crippen molar-refractivity contribution in [2.45, 2.75) is 41.5 Å². The molecule has 0 bridgehead atoms. The Hall–Kier alpha value is -1.45. The second kappa shape index (κ2) is 5.39. The van der Waals surface area contributed by atoms with Crippen molar-refractivity contribution < 1.29 is 4.74 Å². The molecule has 1 heterocycles. The Kier molecular flexibility index (Phi) is 4.09.